The van der Waals surface area contributed by atoms with Crippen LogP contribution in [0.2, 0.25) is 0 Å². The molecule has 0 saturated heterocycles. The van der Waals surface area contributed by atoms with Crippen molar-refractivity contribution in [2.45, 2.75) is 19.4 Å². The number of aryl methyl sites for hydroxylation is 1. The lowest BCUT2D eigenvalue weighted by Crippen LogP contribution is -2.09. The molecule has 1 aromatic carbocycles. The molecule has 0 saturated carbocycles. The number of hydrogen-bond acceptors (Lipinski definition) is 3. The minimum atomic E-state index is -4.53. The summed E-state index contributed by atoms with van der Waals surface area (Å²) < 4.78 is 45.5. The Morgan fingerprint density at radius 1 is 1.30 bits per heavy atom. The fourth-order valence-corrected chi connectivity index (χ4v) is 1.73. The first kappa shape index (κ1) is 14.4. The van der Waals surface area contributed by atoms with Crippen molar-refractivity contribution < 1.29 is 23.0 Å². The van der Waals surface area contributed by atoms with Crippen molar-refractivity contribution in [1.29, 1.82) is 0 Å². The zero-order valence-corrected chi connectivity index (χ0v) is 10.7. The van der Waals surface area contributed by atoms with Crippen LogP contribution in [0, 0.1) is 0 Å². The minimum absolute atomic E-state index is 0.00457. The normalized spacial score (nSPS) is 11.7. The van der Waals surface area contributed by atoms with Gasteiger partial charge in [0.1, 0.15) is 12.4 Å². The van der Waals surface area contributed by atoms with E-state index >= 15 is 0 Å². The summed E-state index contributed by atoms with van der Waals surface area (Å²) in [5, 5.41) is 12.8. The summed E-state index contributed by atoms with van der Waals surface area (Å²) in [4.78, 5) is 0. The van der Waals surface area contributed by atoms with E-state index in [1.165, 1.54) is 23.0 Å². The largest absolute Gasteiger partial charge is 0.488 e. The van der Waals surface area contributed by atoms with Crippen LogP contribution in [0.25, 0.3) is 0 Å². The summed E-state index contributed by atoms with van der Waals surface area (Å²) in [7, 11) is 1.71. The first-order valence-electron chi connectivity index (χ1n) is 5.81. The molecule has 2 rings (SSSR count). The van der Waals surface area contributed by atoms with Gasteiger partial charge in [-0.1, -0.05) is 6.07 Å². The summed E-state index contributed by atoms with van der Waals surface area (Å²) in [6, 6.07) is 3.50. The van der Waals surface area contributed by atoms with Crippen LogP contribution in [0.1, 0.15) is 16.7 Å². The van der Waals surface area contributed by atoms with Crippen LogP contribution in [0.5, 0.6) is 5.75 Å². The highest BCUT2D eigenvalue weighted by Crippen LogP contribution is 2.37. The average Bonchev–Trinajstić information content (AvgIpc) is 2.81. The molecule has 20 heavy (non-hydrogen) atoms. The predicted octanol–water partition coefficient (Wildman–Crippen LogP) is 2.51. The molecule has 0 fully saturated rings. The molecular formula is C13H13F3N2O2. The van der Waals surface area contributed by atoms with Gasteiger partial charge in [0.15, 0.2) is 0 Å². The third kappa shape index (κ3) is 3.30. The zero-order valence-electron chi connectivity index (χ0n) is 10.7. The number of ether oxygens (including phenoxy) is 1. The topological polar surface area (TPSA) is 47.3 Å². The van der Waals surface area contributed by atoms with Crippen LogP contribution >= 0.6 is 0 Å². The SMILES string of the molecule is Cn1cc(COc2ccc(CO)cc2C(F)(F)F)cn1. The fourth-order valence-electron chi connectivity index (χ4n) is 1.73. The molecule has 1 heterocycles. The van der Waals surface area contributed by atoms with E-state index in [-0.39, 0.29) is 17.9 Å². The highest BCUT2D eigenvalue weighted by molar-refractivity contribution is 5.39. The van der Waals surface area contributed by atoms with E-state index in [1.54, 1.807) is 13.2 Å². The summed E-state index contributed by atoms with van der Waals surface area (Å²) in [6.07, 6.45) is -1.35. The van der Waals surface area contributed by atoms with Crippen LogP contribution in [-0.2, 0) is 26.4 Å². The maximum Gasteiger partial charge on any atom is 0.419 e. The van der Waals surface area contributed by atoms with Crippen LogP contribution in [0.3, 0.4) is 0 Å². The van der Waals surface area contributed by atoms with Crippen molar-refractivity contribution in [1.82, 2.24) is 9.78 Å². The van der Waals surface area contributed by atoms with Crippen LogP contribution in [-0.4, -0.2) is 14.9 Å². The Hall–Kier alpha value is -2.02. The van der Waals surface area contributed by atoms with E-state index in [0.717, 1.165) is 6.07 Å². The van der Waals surface area contributed by atoms with Crippen LogP contribution in [0.15, 0.2) is 30.6 Å². The third-order valence-corrected chi connectivity index (χ3v) is 2.68. The number of nitrogens with zero attached hydrogens (tertiary/aromatic N) is 2. The van der Waals surface area contributed by atoms with Gasteiger partial charge in [-0.3, -0.25) is 4.68 Å². The highest BCUT2D eigenvalue weighted by atomic mass is 19.4. The second-order valence-electron chi connectivity index (χ2n) is 4.30. The molecule has 0 amide bonds. The lowest BCUT2D eigenvalue weighted by Gasteiger charge is -2.14. The van der Waals surface area contributed by atoms with E-state index in [2.05, 4.69) is 5.10 Å². The smallest absolute Gasteiger partial charge is 0.419 e. The van der Waals surface area contributed by atoms with Crippen molar-refractivity contribution >= 4 is 0 Å². The first-order valence-corrected chi connectivity index (χ1v) is 5.81. The second-order valence-corrected chi connectivity index (χ2v) is 4.30. The number of alkyl halides is 3. The molecule has 0 unspecified atom stereocenters. The lowest BCUT2D eigenvalue weighted by atomic mass is 10.1. The molecule has 0 bridgehead atoms. The maximum absolute atomic E-state index is 12.9. The van der Waals surface area contributed by atoms with E-state index in [1.807, 2.05) is 0 Å². The fraction of sp³-hybridized carbons (Fsp3) is 0.308. The molecule has 0 aliphatic carbocycles. The number of aliphatic hydroxyl groups is 1. The monoisotopic (exact) mass is 286 g/mol. The summed E-state index contributed by atoms with van der Waals surface area (Å²) in [5.41, 5.74) is -0.0362. The van der Waals surface area contributed by atoms with Crippen LogP contribution < -0.4 is 4.74 Å². The second kappa shape index (κ2) is 5.54. The van der Waals surface area contributed by atoms with Gasteiger partial charge < -0.3 is 9.84 Å². The number of rotatable bonds is 4. The summed E-state index contributed by atoms with van der Waals surface area (Å²) >= 11 is 0. The number of halogens is 3. The Balaban J connectivity index is 2.22. The van der Waals surface area contributed by atoms with Gasteiger partial charge in [-0.2, -0.15) is 18.3 Å². The Labute approximate surface area is 113 Å². The standard InChI is InChI=1S/C13H13F3N2O2/c1-18-6-10(5-17-18)8-20-12-3-2-9(7-19)4-11(12)13(14,15)16/h2-6,19H,7-8H2,1H3. The molecule has 7 heteroatoms. The van der Waals surface area contributed by atoms with Gasteiger partial charge in [-0.15, -0.1) is 0 Å². The zero-order chi connectivity index (χ0) is 14.8. The van der Waals surface area contributed by atoms with Gasteiger partial charge in [-0.05, 0) is 17.7 Å². The molecular weight excluding hydrogens is 273 g/mol. The number of hydrogen-bond donors (Lipinski definition) is 1. The van der Waals surface area contributed by atoms with Gasteiger partial charge in [0.25, 0.3) is 0 Å². The Morgan fingerprint density at radius 3 is 2.60 bits per heavy atom. The summed E-state index contributed by atoms with van der Waals surface area (Å²) in [5.74, 6) is -0.265. The van der Waals surface area contributed by atoms with Crippen molar-refractivity contribution in [3.8, 4) is 5.75 Å². The van der Waals surface area contributed by atoms with E-state index in [9.17, 15) is 13.2 Å². The molecule has 0 radical (unpaired) electrons. The number of aliphatic hydroxyl groups excluding tert-OH is 1. The number of benzene rings is 1. The predicted molar refractivity (Wildman–Crippen MR) is 64.9 cm³/mol. The van der Waals surface area contributed by atoms with Crippen LogP contribution in [0.4, 0.5) is 13.2 Å². The van der Waals surface area contributed by atoms with Gasteiger partial charge >= 0.3 is 6.18 Å². The third-order valence-electron chi connectivity index (χ3n) is 2.68. The van der Waals surface area contributed by atoms with Crippen molar-refractivity contribution in [2.75, 3.05) is 0 Å². The van der Waals surface area contributed by atoms with Gasteiger partial charge in [0.05, 0.1) is 18.4 Å². The summed E-state index contributed by atoms with van der Waals surface area (Å²) in [6.45, 7) is -0.457. The van der Waals surface area contributed by atoms with Gasteiger partial charge in [0, 0.05) is 18.8 Å². The number of aromatic nitrogens is 2. The highest BCUT2D eigenvalue weighted by Gasteiger charge is 2.34. The van der Waals surface area contributed by atoms with Gasteiger partial charge in [-0.25, -0.2) is 0 Å². The molecule has 0 aliphatic heterocycles. The van der Waals surface area contributed by atoms with E-state index < -0.39 is 18.3 Å². The van der Waals surface area contributed by atoms with Crippen molar-refractivity contribution in [3.63, 3.8) is 0 Å². The van der Waals surface area contributed by atoms with E-state index in [4.69, 9.17) is 9.84 Å². The molecule has 108 valence electrons. The Bertz CT molecular complexity index is 594. The Morgan fingerprint density at radius 2 is 2.05 bits per heavy atom. The molecule has 4 nitrogen and oxygen atoms in total. The van der Waals surface area contributed by atoms with Crippen molar-refractivity contribution in [3.05, 3.63) is 47.3 Å². The Kier molecular flexibility index (Phi) is 3.99. The van der Waals surface area contributed by atoms with E-state index in [0.29, 0.717) is 5.56 Å². The lowest BCUT2D eigenvalue weighted by molar-refractivity contribution is -0.139. The first-order chi connectivity index (χ1) is 9.40. The maximum atomic E-state index is 12.9. The molecule has 1 aromatic heterocycles. The molecule has 0 aliphatic rings. The molecule has 2 aromatic rings. The molecule has 0 atom stereocenters. The minimum Gasteiger partial charge on any atom is -0.488 e. The molecule has 1 N–H and O–H groups in total. The average molecular weight is 286 g/mol. The van der Waals surface area contributed by atoms with Gasteiger partial charge in [0.2, 0.25) is 0 Å². The molecule has 0 spiro atoms. The van der Waals surface area contributed by atoms with Crippen molar-refractivity contribution in [2.24, 2.45) is 7.05 Å². The quantitative estimate of drug-likeness (QED) is 0.939.